The number of carbonyl (C=O) groups is 1. The number of hydrogen-bond acceptors (Lipinski definition) is 2. The molecule has 0 spiro atoms. The Balaban J connectivity index is 1.81. The Kier molecular flexibility index (Phi) is 3.87. The number of aliphatic hydroxyl groups is 1. The topological polar surface area (TPSA) is 61.4 Å². The van der Waals surface area contributed by atoms with Crippen LogP contribution < -0.4 is 10.6 Å². The van der Waals surface area contributed by atoms with Gasteiger partial charge in [-0.15, -0.1) is 0 Å². The molecule has 1 aliphatic rings. The highest BCUT2D eigenvalue weighted by Crippen LogP contribution is 2.39. The lowest BCUT2D eigenvalue weighted by molar-refractivity contribution is 0.155. The van der Waals surface area contributed by atoms with Crippen LogP contribution in [-0.2, 0) is 6.54 Å². The van der Waals surface area contributed by atoms with Crippen LogP contribution in [0.15, 0.2) is 30.3 Å². The lowest BCUT2D eigenvalue weighted by Crippen LogP contribution is -2.53. The van der Waals surface area contributed by atoms with Crippen molar-refractivity contribution >= 4 is 6.03 Å². The number of urea groups is 1. The number of hydrogen-bond donors (Lipinski definition) is 3. The molecular formula is C14H20N2O2. The molecule has 1 aliphatic carbocycles. The second kappa shape index (κ2) is 5.40. The van der Waals surface area contributed by atoms with Gasteiger partial charge in [-0.3, -0.25) is 0 Å². The molecule has 0 bridgehead atoms. The molecule has 2 rings (SSSR count). The molecule has 4 heteroatoms. The molecule has 1 unspecified atom stereocenters. The Morgan fingerprint density at radius 3 is 2.61 bits per heavy atom. The van der Waals surface area contributed by atoms with E-state index in [-0.39, 0.29) is 12.6 Å². The summed E-state index contributed by atoms with van der Waals surface area (Å²) < 4.78 is 0. The van der Waals surface area contributed by atoms with Crippen LogP contribution in [0.5, 0.6) is 0 Å². The zero-order valence-corrected chi connectivity index (χ0v) is 10.6. The van der Waals surface area contributed by atoms with E-state index in [1.165, 1.54) is 0 Å². The summed E-state index contributed by atoms with van der Waals surface area (Å²) in [5.41, 5.74) is 0.575. The van der Waals surface area contributed by atoms with Crippen molar-refractivity contribution in [2.45, 2.75) is 31.8 Å². The van der Waals surface area contributed by atoms with Crippen molar-refractivity contribution in [2.75, 3.05) is 6.61 Å². The van der Waals surface area contributed by atoms with Crippen LogP contribution in [-0.4, -0.2) is 23.3 Å². The van der Waals surface area contributed by atoms with Crippen molar-refractivity contribution in [3.05, 3.63) is 35.9 Å². The highest BCUT2D eigenvalue weighted by molar-refractivity contribution is 5.74. The highest BCUT2D eigenvalue weighted by atomic mass is 16.3. The second-order valence-electron chi connectivity index (χ2n) is 5.14. The smallest absolute Gasteiger partial charge is 0.315 e. The maximum atomic E-state index is 11.8. The zero-order chi connectivity index (χ0) is 13.0. The number of rotatable bonds is 5. The third-order valence-corrected chi connectivity index (χ3v) is 3.50. The van der Waals surface area contributed by atoms with E-state index in [0.29, 0.717) is 12.5 Å². The first-order chi connectivity index (χ1) is 8.64. The summed E-state index contributed by atoms with van der Waals surface area (Å²) in [6.45, 7) is 2.38. The molecule has 1 fully saturated rings. The molecule has 0 saturated heterocycles. The van der Waals surface area contributed by atoms with E-state index in [9.17, 15) is 9.90 Å². The van der Waals surface area contributed by atoms with E-state index in [1.807, 2.05) is 37.3 Å². The second-order valence-corrected chi connectivity index (χ2v) is 5.14. The Labute approximate surface area is 107 Å². The van der Waals surface area contributed by atoms with Gasteiger partial charge in [-0.25, -0.2) is 4.79 Å². The van der Waals surface area contributed by atoms with Crippen LogP contribution in [0.1, 0.15) is 25.3 Å². The molecular weight excluding hydrogens is 228 g/mol. The van der Waals surface area contributed by atoms with Gasteiger partial charge in [0.05, 0.1) is 12.1 Å². The van der Waals surface area contributed by atoms with Crippen LogP contribution in [0.25, 0.3) is 0 Å². The van der Waals surface area contributed by atoms with Gasteiger partial charge in [0, 0.05) is 6.54 Å². The Bertz CT molecular complexity index is 404. The van der Waals surface area contributed by atoms with Crippen molar-refractivity contribution < 1.29 is 9.90 Å². The lowest BCUT2D eigenvalue weighted by Gasteiger charge is -2.28. The molecule has 1 aromatic carbocycles. The first-order valence-corrected chi connectivity index (χ1v) is 6.35. The third kappa shape index (κ3) is 3.23. The minimum absolute atomic E-state index is 0.0174. The summed E-state index contributed by atoms with van der Waals surface area (Å²) in [6.07, 6.45) is 2.16. The van der Waals surface area contributed by atoms with Crippen LogP contribution in [0, 0.1) is 5.92 Å². The maximum Gasteiger partial charge on any atom is 0.315 e. The highest BCUT2D eigenvalue weighted by Gasteiger charge is 2.42. The SMILES string of the molecule is CC(CO)(NC(=O)NCc1ccccc1)C1CC1. The fourth-order valence-electron chi connectivity index (χ4n) is 2.07. The molecule has 0 aromatic heterocycles. The fraction of sp³-hybridized carbons (Fsp3) is 0.500. The van der Waals surface area contributed by atoms with E-state index in [4.69, 9.17) is 0 Å². The van der Waals surface area contributed by atoms with Crippen molar-refractivity contribution in [1.29, 1.82) is 0 Å². The average molecular weight is 248 g/mol. The number of amides is 2. The Morgan fingerprint density at radius 1 is 1.39 bits per heavy atom. The number of benzene rings is 1. The quantitative estimate of drug-likeness (QED) is 0.742. The van der Waals surface area contributed by atoms with Crippen LogP contribution in [0.3, 0.4) is 0 Å². The molecule has 0 aliphatic heterocycles. The Hall–Kier alpha value is -1.55. The molecule has 1 atom stereocenters. The first kappa shape index (κ1) is 12.9. The number of carbonyl (C=O) groups excluding carboxylic acids is 1. The van der Waals surface area contributed by atoms with Crippen molar-refractivity contribution in [1.82, 2.24) is 10.6 Å². The zero-order valence-electron chi connectivity index (χ0n) is 10.6. The summed E-state index contributed by atoms with van der Waals surface area (Å²) in [5.74, 6) is 0.407. The lowest BCUT2D eigenvalue weighted by atomic mass is 9.97. The van der Waals surface area contributed by atoms with Gasteiger partial charge >= 0.3 is 6.03 Å². The third-order valence-electron chi connectivity index (χ3n) is 3.50. The number of nitrogens with one attached hydrogen (secondary N) is 2. The molecule has 98 valence electrons. The van der Waals surface area contributed by atoms with E-state index in [2.05, 4.69) is 10.6 Å². The summed E-state index contributed by atoms with van der Waals surface area (Å²) in [6, 6.07) is 9.54. The predicted molar refractivity (Wildman–Crippen MR) is 70.0 cm³/mol. The van der Waals surface area contributed by atoms with Crippen LogP contribution in [0.2, 0.25) is 0 Å². The predicted octanol–water partition coefficient (Wildman–Crippen LogP) is 1.65. The molecule has 18 heavy (non-hydrogen) atoms. The maximum absolute atomic E-state index is 11.8. The van der Waals surface area contributed by atoms with Crippen molar-refractivity contribution in [3.8, 4) is 0 Å². The molecule has 2 amide bonds. The first-order valence-electron chi connectivity index (χ1n) is 6.35. The van der Waals surface area contributed by atoms with Gasteiger partial charge in [0.15, 0.2) is 0 Å². The largest absolute Gasteiger partial charge is 0.394 e. The van der Waals surface area contributed by atoms with Crippen LogP contribution in [0.4, 0.5) is 4.79 Å². The molecule has 0 radical (unpaired) electrons. The summed E-state index contributed by atoms with van der Waals surface area (Å²) in [7, 11) is 0. The Morgan fingerprint density at radius 2 is 2.06 bits per heavy atom. The fourth-order valence-corrected chi connectivity index (χ4v) is 2.07. The summed E-state index contributed by atoms with van der Waals surface area (Å²) in [4.78, 5) is 11.8. The minimum Gasteiger partial charge on any atom is -0.394 e. The average Bonchev–Trinajstić information content (AvgIpc) is 3.22. The summed E-state index contributed by atoms with van der Waals surface area (Å²) in [5, 5.41) is 15.1. The van der Waals surface area contributed by atoms with Gasteiger partial charge in [-0.05, 0) is 31.2 Å². The van der Waals surface area contributed by atoms with Gasteiger partial charge in [0.25, 0.3) is 0 Å². The van der Waals surface area contributed by atoms with E-state index >= 15 is 0 Å². The summed E-state index contributed by atoms with van der Waals surface area (Å²) >= 11 is 0. The van der Waals surface area contributed by atoms with Gasteiger partial charge in [0.1, 0.15) is 0 Å². The van der Waals surface area contributed by atoms with E-state index in [0.717, 1.165) is 18.4 Å². The van der Waals surface area contributed by atoms with Gasteiger partial charge in [-0.2, -0.15) is 0 Å². The standard InChI is InChI=1S/C14H20N2O2/c1-14(10-17,12-7-8-12)16-13(18)15-9-11-5-3-2-4-6-11/h2-6,12,17H,7-10H2,1H3,(H2,15,16,18). The van der Waals surface area contributed by atoms with Crippen LogP contribution >= 0.6 is 0 Å². The molecule has 1 saturated carbocycles. The van der Waals surface area contributed by atoms with Crippen molar-refractivity contribution in [2.24, 2.45) is 5.92 Å². The van der Waals surface area contributed by atoms with Gasteiger partial charge in [0.2, 0.25) is 0 Å². The van der Waals surface area contributed by atoms with Gasteiger partial charge < -0.3 is 15.7 Å². The van der Waals surface area contributed by atoms with E-state index in [1.54, 1.807) is 0 Å². The minimum atomic E-state index is -0.485. The molecule has 3 N–H and O–H groups in total. The molecule has 4 nitrogen and oxygen atoms in total. The normalized spacial score (nSPS) is 17.9. The molecule has 0 heterocycles. The number of aliphatic hydroxyl groups excluding tert-OH is 1. The van der Waals surface area contributed by atoms with Gasteiger partial charge in [-0.1, -0.05) is 30.3 Å². The van der Waals surface area contributed by atoms with Crippen molar-refractivity contribution in [3.63, 3.8) is 0 Å². The van der Waals surface area contributed by atoms with E-state index < -0.39 is 5.54 Å². The monoisotopic (exact) mass is 248 g/mol. The molecule has 1 aromatic rings.